The molecule has 8 nitrogen and oxygen atoms in total. The van der Waals surface area contributed by atoms with Gasteiger partial charge in [-0.25, -0.2) is 4.79 Å². The van der Waals surface area contributed by atoms with Crippen molar-refractivity contribution in [3.63, 3.8) is 0 Å². The molecule has 152 valence electrons. The first kappa shape index (κ1) is 20.5. The summed E-state index contributed by atoms with van der Waals surface area (Å²) in [5.74, 6) is 0.893. The van der Waals surface area contributed by atoms with Gasteiger partial charge in [0.05, 0.1) is 4.88 Å². The minimum absolute atomic E-state index is 0.0685. The lowest BCUT2D eigenvalue weighted by molar-refractivity contribution is -0.121. The first-order chi connectivity index (χ1) is 14.0. The van der Waals surface area contributed by atoms with Gasteiger partial charge in [-0.2, -0.15) is 4.98 Å². The summed E-state index contributed by atoms with van der Waals surface area (Å²) in [6.45, 7) is 4.19. The number of nitrogens with one attached hydrogen (secondary N) is 3. The SMILES string of the molecule is CC(C)NC(=O)Nc1ccc(CNC(=O)CCc2nc(-c3cccs3)no2)cc1. The van der Waals surface area contributed by atoms with E-state index in [4.69, 9.17) is 4.52 Å². The zero-order valence-electron chi connectivity index (χ0n) is 16.3. The molecule has 3 amide bonds. The summed E-state index contributed by atoms with van der Waals surface area (Å²) in [5, 5.41) is 14.3. The number of nitrogens with zero attached hydrogens (tertiary/aromatic N) is 2. The Bertz CT molecular complexity index is 935. The fourth-order valence-corrected chi connectivity index (χ4v) is 3.16. The molecule has 0 radical (unpaired) electrons. The van der Waals surface area contributed by atoms with Crippen LogP contribution >= 0.6 is 11.3 Å². The van der Waals surface area contributed by atoms with E-state index in [0.29, 0.717) is 30.4 Å². The predicted molar refractivity (Wildman–Crippen MR) is 112 cm³/mol. The second-order valence-corrected chi connectivity index (χ2v) is 7.66. The van der Waals surface area contributed by atoms with Crippen molar-refractivity contribution in [2.75, 3.05) is 5.32 Å². The van der Waals surface area contributed by atoms with Crippen LogP contribution in [0.4, 0.5) is 10.5 Å². The maximum atomic E-state index is 12.1. The van der Waals surface area contributed by atoms with E-state index in [0.717, 1.165) is 10.4 Å². The summed E-state index contributed by atoms with van der Waals surface area (Å²) in [4.78, 5) is 29.0. The Hall–Kier alpha value is -3.20. The molecule has 29 heavy (non-hydrogen) atoms. The molecule has 0 bridgehead atoms. The maximum absolute atomic E-state index is 12.1. The fraction of sp³-hybridized carbons (Fsp3) is 0.300. The van der Waals surface area contributed by atoms with E-state index >= 15 is 0 Å². The summed E-state index contributed by atoms with van der Waals surface area (Å²) < 4.78 is 5.20. The highest BCUT2D eigenvalue weighted by molar-refractivity contribution is 7.13. The summed E-state index contributed by atoms with van der Waals surface area (Å²) in [7, 11) is 0. The van der Waals surface area contributed by atoms with Crippen LogP contribution in [0, 0.1) is 0 Å². The molecule has 1 aromatic carbocycles. The molecular formula is C20H23N5O3S. The van der Waals surface area contributed by atoms with Gasteiger partial charge in [0.15, 0.2) is 0 Å². The Balaban J connectivity index is 1.41. The van der Waals surface area contributed by atoms with Crippen LogP contribution in [-0.4, -0.2) is 28.1 Å². The van der Waals surface area contributed by atoms with Crippen molar-refractivity contribution in [2.45, 2.75) is 39.3 Å². The van der Waals surface area contributed by atoms with E-state index in [9.17, 15) is 9.59 Å². The number of carbonyl (C=O) groups is 2. The molecule has 0 saturated heterocycles. The van der Waals surface area contributed by atoms with Crippen LogP contribution in [0.1, 0.15) is 31.7 Å². The maximum Gasteiger partial charge on any atom is 0.319 e. The number of hydrogen-bond donors (Lipinski definition) is 3. The van der Waals surface area contributed by atoms with E-state index in [-0.39, 0.29) is 24.4 Å². The molecule has 9 heteroatoms. The van der Waals surface area contributed by atoms with Gasteiger partial charge in [0.2, 0.25) is 17.6 Å². The second-order valence-electron chi connectivity index (χ2n) is 6.72. The van der Waals surface area contributed by atoms with E-state index in [1.54, 1.807) is 12.1 Å². The third kappa shape index (κ3) is 6.42. The normalized spacial score (nSPS) is 10.7. The lowest BCUT2D eigenvalue weighted by atomic mass is 10.2. The molecule has 0 aliphatic rings. The van der Waals surface area contributed by atoms with E-state index in [2.05, 4.69) is 26.1 Å². The molecule has 3 aromatic rings. The molecule has 3 N–H and O–H groups in total. The zero-order chi connectivity index (χ0) is 20.6. The topological polar surface area (TPSA) is 109 Å². The average molecular weight is 414 g/mol. The van der Waals surface area contributed by atoms with Gasteiger partial charge in [0, 0.05) is 31.1 Å². The molecule has 3 rings (SSSR count). The highest BCUT2D eigenvalue weighted by Gasteiger charge is 2.11. The minimum atomic E-state index is -0.246. The number of carbonyl (C=O) groups excluding carboxylic acids is 2. The van der Waals surface area contributed by atoms with Crippen LogP contribution in [-0.2, 0) is 17.8 Å². The highest BCUT2D eigenvalue weighted by atomic mass is 32.1. The summed E-state index contributed by atoms with van der Waals surface area (Å²) >= 11 is 1.54. The Kier molecular flexibility index (Phi) is 6.96. The van der Waals surface area contributed by atoms with Crippen molar-refractivity contribution >= 4 is 29.0 Å². The van der Waals surface area contributed by atoms with Crippen molar-refractivity contribution in [1.29, 1.82) is 0 Å². The lowest BCUT2D eigenvalue weighted by Crippen LogP contribution is -2.34. The standard InChI is InChI=1S/C20H23N5O3S/c1-13(2)22-20(27)23-15-7-5-14(6-8-15)12-21-17(26)9-10-18-24-19(25-28-18)16-4-3-11-29-16/h3-8,11,13H,9-10,12H2,1-2H3,(H,21,26)(H2,22,23,27). The van der Waals surface area contributed by atoms with Crippen LogP contribution < -0.4 is 16.0 Å². The Morgan fingerprint density at radius 1 is 1.17 bits per heavy atom. The van der Waals surface area contributed by atoms with Crippen LogP contribution in [0.15, 0.2) is 46.3 Å². The average Bonchev–Trinajstić information content (AvgIpc) is 3.36. The largest absolute Gasteiger partial charge is 0.352 e. The first-order valence-corrected chi connectivity index (χ1v) is 10.2. The molecule has 0 spiro atoms. The number of urea groups is 1. The van der Waals surface area contributed by atoms with Gasteiger partial charge >= 0.3 is 6.03 Å². The fourth-order valence-electron chi connectivity index (χ4n) is 2.51. The molecular weight excluding hydrogens is 390 g/mol. The molecule has 2 aromatic heterocycles. The van der Waals surface area contributed by atoms with Crippen molar-refractivity contribution in [3.05, 3.63) is 53.2 Å². The quantitative estimate of drug-likeness (QED) is 0.523. The van der Waals surface area contributed by atoms with Gasteiger partial charge in [-0.1, -0.05) is 23.4 Å². The van der Waals surface area contributed by atoms with Crippen LogP contribution in [0.5, 0.6) is 0 Å². The number of hydrogen-bond acceptors (Lipinski definition) is 6. The Morgan fingerprint density at radius 2 is 1.97 bits per heavy atom. The van der Waals surface area contributed by atoms with Crippen LogP contribution in [0.2, 0.25) is 0 Å². The Labute approximate surface area is 172 Å². The van der Waals surface area contributed by atoms with Gasteiger partial charge in [-0.05, 0) is 43.0 Å². The highest BCUT2D eigenvalue weighted by Crippen LogP contribution is 2.21. The number of amides is 3. The Morgan fingerprint density at radius 3 is 2.66 bits per heavy atom. The van der Waals surface area contributed by atoms with Gasteiger partial charge in [-0.15, -0.1) is 11.3 Å². The van der Waals surface area contributed by atoms with Crippen molar-refractivity contribution in [3.8, 4) is 10.7 Å². The van der Waals surface area contributed by atoms with E-state index in [1.807, 2.05) is 43.5 Å². The van der Waals surface area contributed by atoms with Gasteiger partial charge in [-0.3, -0.25) is 4.79 Å². The minimum Gasteiger partial charge on any atom is -0.352 e. The number of benzene rings is 1. The molecule has 0 fully saturated rings. The number of rotatable bonds is 8. The third-order valence-corrected chi connectivity index (χ3v) is 4.76. The monoisotopic (exact) mass is 413 g/mol. The molecule has 0 atom stereocenters. The number of anilines is 1. The summed E-state index contributed by atoms with van der Waals surface area (Å²) in [6, 6.07) is 11.0. The van der Waals surface area contributed by atoms with Crippen molar-refractivity contribution in [2.24, 2.45) is 0 Å². The van der Waals surface area contributed by atoms with E-state index < -0.39 is 0 Å². The third-order valence-electron chi connectivity index (χ3n) is 3.90. The summed E-state index contributed by atoms with van der Waals surface area (Å²) in [5.41, 5.74) is 1.63. The number of aromatic nitrogens is 2. The van der Waals surface area contributed by atoms with Crippen LogP contribution in [0.25, 0.3) is 10.7 Å². The van der Waals surface area contributed by atoms with E-state index in [1.165, 1.54) is 11.3 Å². The molecule has 0 aliphatic carbocycles. The molecule has 0 saturated carbocycles. The smallest absolute Gasteiger partial charge is 0.319 e. The molecule has 0 unspecified atom stereocenters. The van der Waals surface area contributed by atoms with Crippen molar-refractivity contribution in [1.82, 2.24) is 20.8 Å². The van der Waals surface area contributed by atoms with Crippen molar-refractivity contribution < 1.29 is 14.1 Å². The molecule has 2 heterocycles. The first-order valence-electron chi connectivity index (χ1n) is 9.29. The van der Waals surface area contributed by atoms with Crippen LogP contribution in [0.3, 0.4) is 0 Å². The molecule has 0 aliphatic heterocycles. The zero-order valence-corrected chi connectivity index (χ0v) is 17.1. The van der Waals surface area contributed by atoms with Gasteiger partial charge in [0.25, 0.3) is 0 Å². The van der Waals surface area contributed by atoms with Gasteiger partial charge < -0.3 is 20.5 Å². The lowest BCUT2D eigenvalue weighted by Gasteiger charge is -2.10. The number of aryl methyl sites for hydroxylation is 1. The van der Waals surface area contributed by atoms with Gasteiger partial charge in [0.1, 0.15) is 0 Å². The second kappa shape index (κ2) is 9.83. The predicted octanol–water partition coefficient (Wildman–Crippen LogP) is 3.58. The number of thiophene rings is 1. The summed E-state index contributed by atoms with van der Waals surface area (Å²) in [6.07, 6.45) is 0.652.